The van der Waals surface area contributed by atoms with E-state index in [1.807, 2.05) is 0 Å². The monoisotopic (exact) mass is 313 g/mol. The number of carbonyl (C=O) groups is 3. The Kier molecular flexibility index (Phi) is 2.60. The van der Waals surface area contributed by atoms with Crippen LogP contribution in [0.4, 0.5) is 0 Å². The molecule has 108 valence electrons. The van der Waals surface area contributed by atoms with Crippen LogP contribution in [0.2, 0.25) is 0 Å². The Morgan fingerprint density at radius 1 is 1.14 bits per heavy atom. The first-order chi connectivity index (χ1) is 10.7. The summed E-state index contributed by atoms with van der Waals surface area (Å²) in [5.41, 5.74) is 0.644. The van der Waals surface area contributed by atoms with E-state index in [2.05, 4.69) is 4.98 Å². The van der Waals surface area contributed by atoms with E-state index in [4.69, 9.17) is 4.84 Å². The molecule has 0 atom stereocenters. The summed E-state index contributed by atoms with van der Waals surface area (Å²) in [5.74, 6) is -2.09. The minimum atomic E-state index is -0.793. The number of aromatic nitrogens is 2. The smallest absolute Gasteiger partial charge is 0.323 e. The third kappa shape index (κ3) is 1.67. The zero-order valence-corrected chi connectivity index (χ0v) is 11.7. The van der Waals surface area contributed by atoms with Crippen LogP contribution < -0.4 is 0 Å². The van der Waals surface area contributed by atoms with Gasteiger partial charge in [0.05, 0.1) is 17.3 Å². The maximum absolute atomic E-state index is 12.2. The molecule has 0 N–H and O–H groups in total. The Hall–Kier alpha value is -3.00. The molecule has 4 rings (SSSR count). The average molecular weight is 313 g/mol. The van der Waals surface area contributed by atoms with Gasteiger partial charge < -0.3 is 4.84 Å². The lowest BCUT2D eigenvalue weighted by Crippen LogP contribution is -2.33. The van der Waals surface area contributed by atoms with Crippen molar-refractivity contribution in [3.63, 3.8) is 0 Å². The van der Waals surface area contributed by atoms with Crippen LogP contribution in [0.25, 0.3) is 4.83 Å². The molecule has 8 heteroatoms. The van der Waals surface area contributed by atoms with E-state index in [9.17, 15) is 14.4 Å². The molecule has 0 bridgehead atoms. The summed E-state index contributed by atoms with van der Waals surface area (Å²) in [6, 6.07) is 6.32. The molecular formula is C14H7N3O4S. The predicted octanol–water partition coefficient (Wildman–Crippen LogP) is 1.76. The number of hydrogen-bond acceptors (Lipinski definition) is 6. The second-order valence-electron chi connectivity index (χ2n) is 4.55. The Labute approximate surface area is 127 Å². The summed E-state index contributed by atoms with van der Waals surface area (Å²) >= 11 is 1.31. The van der Waals surface area contributed by atoms with Crippen LogP contribution in [0.1, 0.15) is 31.2 Å². The molecule has 0 radical (unpaired) electrons. The molecule has 1 aliphatic rings. The van der Waals surface area contributed by atoms with Gasteiger partial charge >= 0.3 is 5.97 Å². The number of carbonyl (C=O) groups excluding carboxylic acids is 3. The van der Waals surface area contributed by atoms with Crippen molar-refractivity contribution in [1.82, 2.24) is 14.4 Å². The Morgan fingerprint density at radius 3 is 2.50 bits per heavy atom. The second kappa shape index (κ2) is 4.50. The largest absolute Gasteiger partial charge is 0.381 e. The summed E-state index contributed by atoms with van der Waals surface area (Å²) in [6.45, 7) is 0. The maximum atomic E-state index is 12.2. The number of nitrogens with zero attached hydrogens (tertiary/aromatic N) is 3. The van der Waals surface area contributed by atoms with E-state index in [1.54, 1.807) is 23.7 Å². The molecule has 2 aromatic heterocycles. The molecule has 3 aromatic rings. The van der Waals surface area contributed by atoms with Gasteiger partial charge in [0, 0.05) is 5.38 Å². The highest BCUT2D eigenvalue weighted by Crippen LogP contribution is 2.24. The van der Waals surface area contributed by atoms with E-state index in [0.717, 1.165) is 4.83 Å². The first kappa shape index (κ1) is 12.7. The van der Waals surface area contributed by atoms with Crippen molar-refractivity contribution in [2.45, 2.75) is 0 Å². The third-order valence-corrected chi connectivity index (χ3v) is 4.18. The van der Waals surface area contributed by atoms with E-state index in [0.29, 0.717) is 5.06 Å². The van der Waals surface area contributed by atoms with Crippen molar-refractivity contribution in [3.05, 3.63) is 59.0 Å². The lowest BCUT2D eigenvalue weighted by Gasteiger charge is -2.11. The van der Waals surface area contributed by atoms with E-state index in [-0.39, 0.29) is 16.8 Å². The van der Waals surface area contributed by atoms with Crippen molar-refractivity contribution in [2.75, 3.05) is 0 Å². The number of amides is 2. The van der Waals surface area contributed by atoms with Gasteiger partial charge in [-0.15, -0.1) is 11.3 Å². The van der Waals surface area contributed by atoms with E-state index in [1.165, 1.54) is 34.2 Å². The summed E-state index contributed by atoms with van der Waals surface area (Å²) in [5, 5.41) is 2.07. The van der Waals surface area contributed by atoms with Crippen molar-refractivity contribution in [2.24, 2.45) is 0 Å². The number of imidazole rings is 1. The Balaban J connectivity index is 1.65. The zero-order chi connectivity index (χ0) is 15.3. The fourth-order valence-corrected chi connectivity index (χ4v) is 3.07. The number of hydroxylamine groups is 2. The minimum Gasteiger partial charge on any atom is -0.323 e. The Bertz CT molecular complexity index is 907. The molecule has 0 spiro atoms. The van der Waals surface area contributed by atoms with Gasteiger partial charge in [-0.3, -0.25) is 14.0 Å². The standard InChI is InChI=1S/C14H7N3O4S/c18-12-8-3-1-2-4-9(8)13(19)17(12)21-14(20)10-6-22-11-5-15-7-16(10)11/h1-7H. The van der Waals surface area contributed by atoms with Gasteiger partial charge in [-0.25, -0.2) is 9.78 Å². The number of imide groups is 1. The maximum Gasteiger partial charge on any atom is 0.381 e. The minimum absolute atomic E-state index is 0.203. The average Bonchev–Trinajstić information content (AvgIpc) is 3.18. The van der Waals surface area contributed by atoms with Crippen LogP contribution in [-0.4, -0.2) is 32.2 Å². The Morgan fingerprint density at radius 2 is 1.82 bits per heavy atom. The van der Waals surface area contributed by atoms with Crippen LogP contribution in [-0.2, 0) is 4.84 Å². The molecule has 1 aliphatic heterocycles. The number of benzene rings is 1. The van der Waals surface area contributed by atoms with Crippen LogP contribution in [0, 0.1) is 0 Å². The highest BCUT2D eigenvalue weighted by atomic mass is 32.1. The van der Waals surface area contributed by atoms with E-state index >= 15 is 0 Å². The van der Waals surface area contributed by atoms with Crippen LogP contribution in [0.5, 0.6) is 0 Å². The SMILES string of the molecule is O=C(ON1C(=O)c2ccccc2C1=O)c1csc2cncn12. The molecule has 7 nitrogen and oxygen atoms in total. The molecule has 2 amide bonds. The first-order valence-electron chi connectivity index (χ1n) is 6.26. The first-order valence-corrected chi connectivity index (χ1v) is 7.14. The molecule has 0 unspecified atom stereocenters. The molecule has 0 saturated carbocycles. The lowest BCUT2D eigenvalue weighted by atomic mass is 10.1. The van der Waals surface area contributed by atoms with Gasteiger partial charge in [-0.05, 0) is 12.1 Å². The molecule has 0 saturated heterocycles. The second-order valence-corrected chi connectivity index (χ2v) is 5.44. The number of fused-ring (bicyclic) bond motifs is 2. The van der Waals surface area contributed by atoms with Crippen LogP contribution in [0.15, 0.2) is 42.2 Å². The van der Waals surface area contributed by atoms with E-state index < -0.39 is 17.8 Å². The van der Waals surface area contributed by atoms with Crippen LogP contribution >= 0.6 is 11.3 Å². The topological polar surface area (TPSA) is 81.0 Å². The molecule has 22 heavy (non-hydrogen) atoms. The number of thiazole rings is 1. The fourth-order valence-electron chi connectivity index (χ4n) is 2.25. The predicted molar refractivity (Wildman–Crippen MR) is 75.4 cm³/mol. The number of rotatable bonds is 2. The van der Waals surface area contributed by atoms with Gasteiger partial charge in [0.2, 0.25) is 0 Å². The summed E-state index contributed by atoms with van der Waals surface area (Å²) in [7, 11) is 0. The quantitative estimate of drug-likeness (QED) is 0.673. The van der Waals surface area contributed by atoms with Gasteiger partial charge in [0.1, 0.15) is 16.9 Å². The fraction of sp³-hybridized carbons (Fsp3) is 0. The highest BCUT2D eigenvalue weighted by Gasteiger charge is 2.39. The summed E-state index contributed by atoms with van der Waals surface area (Å²) in [6.07, 6.45) is 3.06. The van der Waals surface area contributed by atoms with Gasteiger partial charge in [0.25, 0.3) is 11.8 Å². The van der Waals surface area contributed by atoms with Gasteiger partial charge in [-0.2, -0.15) is 0 Å². The molecule has 0 fully saturated rings. The molecule has 1 aromatic carbocycles. The van der Waals surface area contributed by atoms with Gasteiger partial charge in [-0.1, -0.05) is 17.2 Å². The third-order valence-electron chi connectivity index (χ3n) is 3.30. The van der Waals surface area contributed by atoms with Crippen molar-refractivity contribution in [3.8, 4) is 0 Å². The van der Waals surface area contributed by atoms with Crippen molar-refractivity contribution in [1.29, 1.82) is 0 Å². The van der Waals surface area contributed by atoms with Crippen LogP contribution in [0.3, 0.4) is 0 Å². The molecule has 0 aliphatic carbocycles. The van der Waals surface area contributed by atoms with Crippen molar-refractivity contribution < 1.29 is 19.2 Å². The zero-order valence-electron chi connectivity index (χ0n) is 10.9. The lowest BCUT2D eigenvalue weighted by molar-refractivity contribution is -0.0589. The summed E-state index contributed by atoms with van der Waals surface area (Å²) < 4.78 is 1.53. The highest BCUT2D eigenvalue weighted by molar-refractivity contribution is 7.15. The molecular weight excluding hydrogens is 306 g/mol. The molecule has 3 heterocycles. The van der Waals surface area contributed by atoms with Crippen molar-refractivity contribution >= 4 is 34.0 Å². The summed E-state index contributed by atoms with van der Waals surface area (Å²) in [4.78, 5) is 46.1. The van der Waals surface area contributed by atoms with Gasteiger partial charge in [0.15, 0.2) is 0 Å². The normalized spacial score (nSPS) is 13.7. The number of hydrogen-bond donors (Lipinski definition) is 0.